The lowest BCUT2D eigenvalue weighted by molar-refractivity contribution is -0.116. The first-order chi connectivity index (χ1) is 10.7. The Balaban J connectivity index is 0.00000192. The molecule has 2 N–H and O–H groups in total. The Morgan fingerprint density at radius 2 is 2.04 bits per heavy atom. The van der Waals surface area contributed by atoms with Gasteiger partial charge in [0.1, 0.15) is 0 Å². The van der Waals surface area contributed by atoms with E-state index in [0.717, 1.165) is 42.6 Å². The minimum atomic E-state index is 0. The first-order valence-electron chi connectivity index (χ1n) is 7.96. The van der Waals surface area contributed by atoms with Gasteiger partial charge < -0.3 is 10.6 Å². The van der Waals surface area contributed by atoms with Crippen LogP contribution in [0.3, 0.4) is 0 Å². The molecule has 2 aromatic rings. The monoisotopic (exact) mass is 333 g/mol. The van der Waals surface area contributed by atoms with Crippen molar-refractivity contribution in [2.24, 2.45) is 0 Å². The number of fused-ring (bicyclic) bond motifs is 1. The van der Waals surface area contributed by atoms with Crippen LogP contribution in [-0.4, -0.2) is 43.0 Å². The van der Waals surface area contributed by atoms with Gasteiger partial charge in [0.15, 0.2) is 0 Å². The molecule has 0 saturated carbocycles. The van der Waals surface area contributed by atoms with Crippen molar-refractivity contribution in [3.05, 3.63) is 42.5 Å². The van der Waals surface area contributed by atoms with Gasteiger partial charge in [-0.05, 0) is 18.4 Å². The predicted octanol–water partition coefficient (Wildman–Crippen LogP) is 2.88. The molecule has 1 aliphatic rings. The van der Waals surface area contributed by atoms with Crippen LogP contribution in [0.15, 0.2) is 42.5 Å². The number of benzene rings is 2. The second-order valence-corrected chi connectivity index (χ2v) is 5.91. The van der Waals surface area contributed by atoms with E-state index in [1.54, 1.807) is 0 Å². The number of carbonyl (C=O) groups excluding carboxylic acids is 1. The average Bonchev–Trinajstić information content (AvgIpc) is 2.54. The molecule has 1 fully saturated rings. The number of hydrogen-bond donors (Lipinski definition) is 2. The van der Waals surface area contributed by atoms with Gasteiger partial charge in [-0.2, -0.15) is 0 Å². The molecule has 3 rings (SSSR count). The lowest BCUT2D eigenvalue weighted by atomic mass is 10.1. The van der Waals surface area contributed by atoms with Gasteiger partial charge in [0.2, 0.25) is 5.91 Å². The SMILES string of the molecule is C[C@@H]1CNCCN1CCC(=O)Nc1cccc2ccccc12.Cl. The third kappa shape index (κ3) is 4.44. The standard InChI is InChI=1S/C18H23N3O.ClH/c1-14-13-19-10-12-21(14)11-9-18(22)20-17-8-4-6-15-5-2-3-7-16(15)17;/h2-8,14,19H,9-13H2,1H3,(H,20,22);1H/t14-;/m1./s1. The fraction of sp³-hybridized carbons (Fsp3) is 0.389. The largest absolute Gasteiger partial charge is 0.325 e. The Labute approximate surface area is 143 Å². The molecule has 124 valence electrons. The van der Waals surface area contributed by atoms with Crippen LogP contribution in [-0.2, 0) is 4.79 Å². The zero-order valence-corrected chi connectivity index (χ0v) is 14.2. The highest BCUT2D eigenvalue weighted by molar-refractivity contribution is 6.02. The molecule has 0 radical (unpaired) electrons. The van der Waals surface area contributed by atoms with E-state index in [-0.39, 0.29) is 18.3 Å². The fourth-order valence-corrected chi connectivity index (χ4v) is 3.01. The summed E-state index contributed by atoms with van der Waals surface area (Å²) in [6.07, 6.45) is 0.535. The zero-order valence-electron chi connectivity index (χ0n) is 13.4. The number of anilines is 1. The van der Waals surface area contributed by atoms with Gasteiger partial charge >= 0.3 is 0 Å². The third-order valence-corrected chi connectivity index (χ3v) is 4.33. The van der Waals surface area contributed by atoms with Crippen molar-refractivity contribution in [2.45, 2.75) is 19.4 Å². The normalized spacial score (nSPS) is 18.4. The molecule has 1 saturated heterocycles. The number of halogens is 1. The van der Waals surface area contributed by atoms with Crippen molar-refractivity contribution < 1.29 is 4.79 Å². The number of piperazine rings is 1. The Morgan fingerprint density at radius 1 is 1.26 bits per heavy atom. The second-order valence-electron chi connectivity index (χ2n) is 5.91. The smallest absolute Gasteiger partial charge is 0.225 e. The molecule has 0 aliphatic carbocycles. The molecule has 1 atom stereocenters. The van der Waals surface area contributed by atoms with E-state index >= 15 is 0 Å². The van der Waals surface area contributed by atoms with Crippen molar-refractivity contribution in [1.82, 2.24) is 10.2 Å². The number of hydrogen-bond acceptors (Lipinski definition) is 3. The lowest BCUT2D eigenvalue weighted by Crippen LogP contribution is -2.50. The number of amides is 1. The predicted molar refractivity (Wildman–Crippen MR) is 98.3 cm³/mol. The first kappa shape index (κ1) is 17.7. The van der Waals surface area contributed by atoms with E-state index in [2.05, 4.69) is 34.6 Å². The third-order valence-electron chi connectivity index (χ3n) is 4.33. The van der Waals surface area contributed by atoms with Crippen LogP contribution < -0.4 is 10.6 Å². The Hall–Kier alpha value is -1.62. The molecule has 1 amide bonds. The van der Waals surface area contributed by atoms with Gasteiger partial charge in [-0.1, -0.05) is 36.4 Å². The van der Waals surface area contributed by atoms with Crippen molar-refractivity contribution in [3.63, 3.8) is 0 Å². The minimum Gasteiger partial charge on any atom is -0.325 e. The van der Waals surface area contributed by atoms with Gasteiger partial charge in [-0.15, -0.1) is 12.4 Å². The van der Waals surface area contributed by atoms with Gasteiger partial charge in [0.25, 0.3) is 0 Å². The summed E-state index contributed by atoms with van der Waals surface area (Å²) in [6, 6.07) is 14.6. The van der Waals surface area contributed by atoms with Crippen LogP contribution in [0, 0.1) is 0 Å². The minimum absolute atomic E-state index is 0. The van der Waals surface area contributed by atoms with E-state index in [1.165, 1.54) is 0 Å². The summed E-state index contributed by atoms with van der Waals surface area (Å²) >= 11 is 0. The van der Waals surface area contributed by atoms with E-state index in [1.807, 2.05) is 30.3 Å². The maximum atomic E-state index is 12.3. The summed E-state index contributed by atoms with van der Waals surface area (Å²) < 4.78 is 0. The van der Waals surface area contributed by atoms with Gasteiger partial charge in [-0.3, -0.25) is 9.69 Å². The number of nitrogens with zero attached hydrogens (tertiary/aromatic N) is 1. The van der Waals surface area contributed by atoms with Crippen molar-refractivity contribution in [3.8, 4) is 0 Å². The number of carbonyl (C=O) groups is 1. The molecule has 2 aromatic carbocycles. The topological polar surface area (TPSA) is 44.4 Å². The van der Waals surface area contributed by atoms with Crippen molar-refractivity contribution in [1.29, 1.82) is 0 Å². The van der Waals surface area contributed by atoms with Crippen LogP contribution >= 0.6 is 12.4 Å². The van der Waals surface area contributed by atoms with Crippen LogP contribution in [0.2, 0.25) is 0 Å². The van der Waals surface area contributed by atoms with Crippen LogP contribution in [0.4, 0.5) is 5.69 Å². The fourth-order valence-electron chi connectivity index (χ4n) is 3.01. The highest BCUT2D eigenvalue weighted by Crippen LogP contribution is 2.23. The molecule has 23 heavy (non-hydrogen) atoms. The molecule has 1 aliphatic heterocycles. The molecule has 1 heterocycles. The Kier molecular flexibility index (Phi) is 6.39. The number of nitrogens with one attached hydrogen (secondary N) is 2. The Morgan fingerprint density at radius 3 is 2.87 bits per heavy atom. The van der Waals surface area contributed by atoms with Crippen molar-refractivity contribution >= 4 is 34.8 Å². The summed E-state index contributed by atoms with van der Waals surface area (Å²) in [7, 11) is 0. The molecule has 0 spiro atoms. The maximum absolute atomic E-state index is 12.3. The molecule has 4 nitrogen and oxygen atoms in total. The van der Waals surface area contributed by atoms with Crippen LogP contribution in [0.1, 0.15) is 13.3 Å². The molecular formula is C18H24ClN3O. The quantitative estimate of drug-likeness (QED) is 0.904. The van der Waals surface area contributed by atoms with Crippen LogP contribution in [0.5, 0.6) is 0 Å². The van der Waals surface area contributed by atoms with Crippen LogP contribution in [0.25, 0.3) is 10.8 Å². The molecule has 0 aromatic heterocycles. The highest BCUT2D eigenvalue weighted by atomic mass is 35.5. The highest BCUT2D eigenvalue weighted by Gasteiger charge is 2.18. The van der Waals surface area contributed by atoms with Crippen molar-refractivity contribution in [2.75, 3.05) is 31.5 Å². The summed E-state index contributed by atoms with van der Waals surface area (Å²) in [4.78, 5) is 14.6. The van der Waals surface area contributed by atoms with Gasteiger partial charge in [0.05, 0.1) is 0 Å². The second kappa shape index (κ2) is 8.29. The van der Waals surface area contributed by atoms with Gasteiger partial charge in [-0.25, -0.2) is 0 Å². The first-order valence-corrected chi connectivity index (χ1v) is 7.96. The van der Waals surface area contributed by atoms with E-state index in [4.69, 9.17) is 0 Å². The van der Waals surface area contributed by atoms with E-state index in [0.29, 0.717) is 12.5 Å². The molecule has 0 unspecified atom stereocenters. The number of rotatable bonds is 4. The summed E-state index contributed by atoms with van der Waals surface area (Å²) in [5.74, 6) is 0.0853. The lowest BCUT2D eigenvalue weighted by Gasteiger charge is -2.33. The zero-order chi connectivity index (χ0) is 15.4. The van der Waals surface area contributed by atoms with E-state index in [9.17, 15) is 4.79 Å². The van der Waals surface area contributed by atoms with E-state index < -0.39 is 0 Å². The maximum Gasteiger partial charge on any atom is 0.225 e. The molecular weight excluding hydrogens is 310 g/mol. The Bertz CT molecular complexity index is 656. The summed E-state index contributed by atoms with van der Waals surface area (Å²) in [6.45, 7) is 6.05. The summed E-state index contributed by atoms with van der Waals surface area (Å²) in [5.41, 5.74) is 0.899. The average molecular weight is 334 g/mol. The summed E-state index contributed by atoms with van der Waals surface area (Å²) in [5, 5.41) is 8.67. The molecule has 5 heteroatoms. The molecule has 0 bridgehead atoms. The van der Waals surface area contributed by atoms with Gasteiger partial charge in [0, 0.05) is 49.7 Å².